The zero-order chi connectivity index (χ0) is 25.2. The Morgan fingerprint density at radius 1 is 1.11 bits per heavy atom. The number of carbonyl (C=O) groups is 2. The van der Waals surface area contributed by atoms with Crippen LogP contribution in [0.4, 0.5) is 5.69 Å². The molecule has 1 aliphatic heterocycles. The number of hydrogen-bond acceptors (Lipinski definition) is 8. The van der Waals surface area contributed by atoms with Gasteiger partial charge in [-0.15, -0.1) is 0 Å². The zero-order valence-electron chi connectivity index (χ0n) is 19.2. The monoisotopic (exact) mass is 498 g/mol. The number of rotatable bonds is 7. The number of likely N-dealkylation sites (N-methyl/N-ethyl adjacent to an activating group) is 1. The molecule has 35 heavy (non-hydrogen) atoms. The van der Waals surface area contributed by atoms with Gasteiger partial charge in [-0.2, -0.15) is 9.97 Å². The maximum atomic E-state index is 12.9. The van der Waals surface area contributed by atoms with Crippen LogP contribution in [0.5, 0.6) is 17.8 Å². The Kier molecular flexibility index (Phi) is 6.77. The number of carboxylic acids is 1. The van der Waals surface area contributed by atoms with E-state index in [0.717, 1.165) is 0 Å². The summed E-state index contributed by atoms with van der Waals surface area (Å²) >= 11 is 6.38. The smallest absolute Gasteiger partial charge is 0.347 e. The number of benzene rings is 2. The Hall–Kier alpha value is -3.89. The van der Waals surface area contributed by atoms with Crippen LogP contribution in [0.1, 0.15) is 11.1 Å². The number of methoxy groups -OCH3 is 2. The number of hydrogen-bond donors (Lipinski definition) is 2. The fraction of sp³-hybridized carbons (Fsp3) is 0.250. The Balaban J connectivity index is 1.99. The number of carbonyl (C=O) groups excluding carboxylic acids is 1. The molecule has 10 nitrogen and oxygen atoms in total. The number of halogens is 1. The lowest BCUT2D eigenvalue weighted by molar-refractivity contribution is -0.149. The van der Waals surface area contributed by atoms with Crippen molar-refractivity contribution in [2.24, 2.45) is 0 Å². The number of fused-ring (bicyclic) bond motifs is 1. The van der Waals surface area contributed by atoms with E-state index in [9.17, 15) is 14.7 Å². The van der Waals surface area contributed by atoms with Crippen molar-refractivity contribution in [2.75, 3.05) is 32.7 Å². The fourth-order valence-corrected chi connectivity index (χ4v) is 4.27. The molecule has 2 unspecified atom stereocenters. The summed E-state index contributed by atoms with van der Waals surface area (Å²) < 4.78 is 16.3. The van der Waals surface area contributed by atoms with E-state index in [4.69, 9.17) is 25.8 Å². The summed E-state index contributed by atoms with van der Waals surface area (Å²) in [7, 11) is 4.42. The van der Waals surface area contributed by atoms with Crippen LogP contribution < -0.4 is 24.4 Å². The van der Waals surface area contributed by atoms with Gasteiger partial charge in [-0.25, -0.2) is 4.79 Å². The molecule has 0 fully saturated rings. The lowest BCUT2D eigenvalue weighted by Crippen LogP contribution is -2.58. The van der Waals surface area contributed by atoms with Crippen molar-refractivity contribution in [2.45, 2.75) is 11.6 Å². The van der Waals surface area contributed by atoms with Gasteiger partial charge in [0.15, 0.2) is 0 Å². The number of aromatic nitrogens is 2. The molecule has 1 amide bonds. The first-order valence-electron chi connectivity index (χ1n) is 10.5. The van der Waals surface area contributed by atoms with Crippen LogP contribution in [0.3, 0.4) is 0 Å². The first kappa shape index (κ1) is 24.2. The van der Waals surface area contributed by atoms with Crippen LogP contribution >= 0.6 is 11.6 Å². The van der Waals surface area contributed by atoms with Crippen LogP contribution in [0.25, 0.3) is 0 Å². The molecule has 2 N–H and O–H groups in total. The highest BCUT2D eigenvalue weighted by molar-refractivity contribution is 6.30. The number of nitrogens with one attached hydrogen (secondary N) is 1. The van der Waals surface area contributed by atoms with E-state index in [-0.39, 0.29) is 30.2 Å². The summed E-state index contributed by atoms with van der Waals surface area (Å²) in [4.78, 5) is 35.5. The van der Waals surface area contributed by atoms with Crippen molar-refractivity contribution in [3.63, 3.8) is 0 Å². The van der Waals surface area contributed by atoms with E-state index >= 15 is 0 Å². The third-order valence-electron chi connectivity index (χ3n) is 5.78. The molecule has 0 saturated carbocycles. The van der Waals surface area contributed by atoms with Gasteiger partial charge < -0.3 is 24.2 Å². The third-order valence-corrected chi connectivity index (χ3v) is 6.02. The predicted molar refractivity (Wildman–Crippen MR) is 127 cm³/mol. The minimum absolute atomic E-state index is 0.122. The lowest BCUT2D eigenvalue weighted by atomic mass is 9.77. The molecule has 1 aromatic heterocycles. The molecule has 0 bridgehead atoms. The maximum Gasteiger partial charge on any atom is 0.347 e. The molecule has 11 heteroatoms. The SMILES string of the molecule is COc1cc(OC)nc(OC(C(=O)O)C2(c3ccccc3)NCC(=O)N(C)c3ccc(Cl)cc32)n1. The average Bonchev–Trinajstić information content (AvgIpc) is 2.97. The van der Waals surface area contributed by atoms with Crippen molar-refractivity contribution in [1.29, 1.82) is 0 Å². The van der Waals surface area contributed by atoms with Crippen LogP contribution in [-0.4, -0.2) is 60.9 Å². The minimum Gasteiger partial charge on any atom is -0.481 e. The second-order valence-electron chi connectivity index (χ2n) is 7.71. The molecular formula is C24H23ClN4O6. The van der Waals surface area contributed by atoms with E-state index in [2.05, 4.69) is 15.3 Å². The number of ether oxygens (including phenoxy) is 3. The van der Waals surface area contributed by atoms with Gasteiger partial charge in [0, 0.05) is 23.3 Å². The minimum atomic E-state index is -1.64. The van der Waals surface area contributed by atoms with Crippen LogP contribution in [0, 0.1) is 0 Å². The van der Waals surface area contributed by atoms with Gasteiger partial charge in [0.05, 0.1) is 26.8 Å². The number of aliphatic carboxylic acids is 1. The number of anilines is 1. The van der Waals surface area contributed by atoms with Gasteiger partial charge in [0.25, 0.3) is 0 Å². The molecule has 182 valence electrons. The fourth-order valence-electron chi connectivity index (χ4n) is 4.10. The standard InChI is InChI=1S/C24H23ClN4O6/c1-29-17-10-9-15(25)11-16(17)24(26-13-20(29)30,14-7-5-4-6-8-14)21(22(31)32)35-23-27-18(33-2)12-19(28-23)34-3/h4-12,21,26H,13H2,1-3H3,(H,31,32). The number of carboxylic acid groups (broad SMARTS) is 1. The van der Waals surface area contributed by atoms with E-state index in [1.54, 1.807) is 55.6 Å². The van der Waals surface area contributed by atoms with E-state index in [1.165, 1.54) is 25.2 Å². The van der Waals surface area contributed by atoms with Crippen molar-refractivity contribution < 1.29 is 28.9 Å². The summed E-state index contributed by atoms with van der Waals surface area (Å²) in [6.45, 7) is -0.173. The molecule has 2 aromatic carbocycles. The van der Waals surface area contributed by atoms with Gasteiger partial charge in [0.2, 0.25) is 23.8 Å². The highest BCUT2D eigenvalue weighted by Crippen LogP contribution is 2.43. The highest BCUT2D eigenvalue weighted by atomic mass is 35.5. The summed E-state index contributed by atoms with van der Waals surface area (Å²) in [5.41, 5.74) is -0.110. The first-order valence-corrected chi connectivity index (χ1v) is 10.9. The molecule has 1 aliphatic rings. The lowest BCUT2D eigenvalue weighted by Gasteiger charge is -2.39. The van der Waals surface area contributed by atoms with Crippen LogP contribution in [-0.2, 0) is 15.1 Å². The van der Waals surface area contributed by atoms with Crippen LogP contribution in [0.15, 0.2) is 54.6 Å². The van der Waals surface area contributed by atoms with Gasteiger partial charge in [0.1, 0.15) is 5.54 Å². The van der Waals surface area contributed by atoms with Gasteiger partial charge in [-0.1, -0.05) is 41.9 Å². The van der Waals surface area contributed by atoms with E-state index in [0.29, 0.717) is 21.8 Å². The zero-order valence-corrected chi connectivity index (χ0v) is 19.9. The molecule has 2 atom stereocenters. The highest BCUT2D eigenvalue weighted by Gasteiger charge is 2.52. The Morgan fingerprint density at radius 3 is 2.37 bits per heavy atom. The van der Waals surface area contributed by atoms with Crippen LogP contribution in [0.2, 0.25) is 5.02 Å². The van der Waals surface area contributed by atoms with Crippen molar-refractivity contribution in [3.8, 4) is 17.8 Å². The topological polar surface area (TPSA) is 123 Å². The second-order valence-corrected chi connectivity index (χ2v) is 8.15. The van der Waals surface area contributed by atoms with Crippen molar-refractivity contribution >= 4 is 29.2 Å². The second kappa shape index (κ2) is 9.77. The van der Waals surface area contributed by atoms with E-state index < -0.39 is 17.6 Å². The first-order chi connectivity index (χ1) is 16.8. The molecule has 3 aromatic rings. The Morgan fingerprint density at radius 2 is 1.77 bits per heavy atom. The quantitative estimate of drug-likeness (QED) is 0.505. The largest absolute Gasteiger partial charge is 0.481 e. The van der Waals surface area contributed by atoms with Gasteiger partial charge >= 0.3 is 12.0 Å². The average molecular weight is 499 g/mol. The maximum absolute atomic E-state index is 12.9. The summed E-state index contributed by atoms with van der Waals surface area (Å²) in [5.74, 6) is -1.35. The molecule has 4 rings (SSSR count). The normalized spacial score (nSPS) is 18.3. The molecule has 0 aliphatic carbocycles. The number of nitrogens with zero attached hydrogens (tertiary/aromatic N) is 3. The summed E-state index contributed by atoms with van der Waals surface area (Å²) in [5, 5.41) is 14.0. The Bertz CT molecular complexity index is 1240. The number of amides is 1. The Labute approximate surface area is 206 Å². The van der Waals surface area contributed by atoms with Crippen molar-refractivity contribution in [3.05, 3.63) is 70.7 Å². The van der Waals surface area contributed by atoms with Gasteiger partial charge in [-0.3, -0.25) is 10.1 Å². The molecular weight excluding hydrogens is 476 g/mol. The third kappa shape index (κ3) is 4.45. The summed E-state index contributed by atoms with van der Waals surface area (Å²) in [6.07, 6.45) is -1.64. The molecule has 0 radical (unpaired) electrons. The van der Waals surface area contributed by atoms with E-state index in [1.807, 2.05) is 0 Å². The molecule has 2 heterocycles. The van der Waals surface area contributed by atoms with Crippen molar-refractivity contribution in [1.82, 2.24) is 15.3 Å². The molecule has 0 spiro atoms. The summed E-state index contributed by atoms with van der Waals surface area (Å²) in [6, 6.07) is 14.9. The predicted octanol–water partition coefficient (Wildman–Crippen LogP) is 2.49. The molecule has 0 saturated heterocycles. The van der Waals surface area contributed by atoms with Gasteiger partial charge in [-0.05, 0) is 23.8 Å².